The lowest BCUT2D eigenvalue weighted by Gasteiger charge is -2.43. The quantitative estimate of drug-likeness (QED) is 0.203. The number of hydrogen-bond donors (Lipinski definition) is 0. The Bertz CT molecular complexity index is 1540. The molecule has 5 rings (SSSR count). The number of hydrogen-bond acceptors (Lipinski definition) is 9. The molecular weight excluding hydrogens is 552 g/mol. The minimum atomic E-state index is -1.52. The first-order valence-electron chi connectivity index (χ1n) is 13.6. The summed E-state index contributed by atoms with van der Waals surface area (Å²) in [7, 11) is 0. The van der Waals surface area contributed by atoms with Crippen molar-refractivity contribution in [2.75, 3.05) is 0 Å². The molecule has 0 amide bonds. The molecule has 0 radical (unpaired) electrons. The molecule has 1 aliphatic heterocycles. The average molecular weight is 581 g/mol. The van der Waals surface area contributed by atoms with Crippen molar-refractivity contribution in [2.45, 2.75) is 37.6 Å². The van der Waals surface area contributed by atoms with Crippen LogP contribution in [-0.2, 0) is 23.7 Å². The molecule has 4 aromatic carbocycles. The SMILES string of the molecule is C[C@@H]1OC(OC(=O)c2ccccc2)[C@H](OC(=O)c2ccccc2)[C@H](OC(=O)c2ccccc2)[C@H]1OC(=O)c1ccccc1. The maximum atomic E-state index is 13.3. The normalized spacial score (nSPS) is 21.2. The molecule has 5 atom stereocenters. The van der Waals surface area contributed by atoms with Crippen LogP contribution in [0, 0.1) is 0 Å². The summed E-state index contributed by atoms with van der Waals surface area (Å²) in [6, 6.07) is 32.7. The number of carbonyl (C=O) groups excluding carboxylic acids is 4. The molecule has 0 aromatic heterocycles. The molecule has 4 aromatic rings. The van der Waals surface area contributed by atoms with Gasteiger partial charge < -0.3 is 23.7 Å². The molecule has 43 heavy (non-hydrogen) atoms. The van der Waals surface area contributed by atoms with Gasteiger partial charge in [0.25, 0.3) is 0 Å². The molecule has 218 valence electrons. The van der Waals surface area contributed by atoms with E-state index in [1.165, 1.54) is 12.1 Å². The highest BCUT2D eigenvalue weighted by atomic mass is 16.7. The Morgan fingerprint density at radius 2 is 0.744 bits per heavy atom. The standard InChI is InChI=1S/C34H28O9/c1-22-27(40-30(35)23-14-6-2-7-15-23)28(41-31(36)24-16-8-3-9-17-24)29(42-32(37)25-18-10-4-11-19-25)34(39-22)43-33(38)26-20-12-5-13-21-26/h2-22,27-29,34H,1H3/t22-,27-,28+,29+,34?/m0/s1. The number of esters is 4. The first-order valence-corrected chi connectivity index (χ1v) is 13.6. The molecule has 0 bridgehead atoms. The van der Waals surface area contributed by atoms with Crippen molar-refractivity contribution in [3.63, 3.8) is 0 Å². The molecule has 1 unspecified atom stereocenters. The first-order chi connectivity index (χ1) is 20.9. The van der Waals surface area contributed by atoms with Gasteiger partial charge in [0.15, 0.2) is 12.2 Å². The molecule has 1 aliphatic rings. The first kappa shape index (κ1) is 29.2. The van der Waals surface area contributed by atoms with Crippen molar-refractivity contribution in [3.8, 4) is 0 Å². The van der Waals surface area contributed by atoms with E-state index in [1.54, 1.807) is 116 Å². The van der Waals surface area contributed by atoms with Crippen molar-refractivity contribution in [3.05, 3.63) is 144 Å². The summed E-state index contributed by atoms with van der Waals surface area (Å²) >= 11 is 0. The van der Waals surface area contributed by atoms with Crippen molar-refractivity contribution >= 4 is 23.9 Å². The van der Waals surface area contributed by atoms with Gasteiger partial charge in [0.05, 0.1) is 28.4 Å². The van der Waals surface area contributed by atoms with Crippen LogP contribution >= 0.6 is 0 Å². The van der Waals surface area contributed by atoms with Crippen LogP contribution in [0.5, 0.6) is 0 Å². The number of ether oxygens (including phenoxy) is 5. The van der Waals surface area contributed by atoms with E-state index in [1.807, 2.05) is 0 Å². The third-order valence-electron chi connectivity index (χ3n) is 6.72. The monoisotopic (exact) mass is 580 g/mol. The Labute approximate surface area is 247 Å². The number of carbonyl (C=O) groups is 4. The number of benzene rings is 4. The summed E-state index contributed by atoms with van der Waals surface area (Å²) in [6.45, 7) is 1.57. The highest BCUT2D eigenvalue weighted by Crippen LogP contribution is 2.31. The fourth-order valence-corrected chi connectivity index (χ4v) is 4.54. The second-order valence-electron chi connectivity index (χ2n) is 9.69. The molecule has 0 N–H and O–H groups in total. The van der Waals surface area contributed by atoms with Gasteiger partial charge in [-0.3, -0.25) is 0 Å². The molecule has 9 heteroatoms. The van der Waals surface area contributed by atoms with Crippen LogP contribution in [0.4, 0.5) is 0 Å². The largest absolute Gasteiger partial charge is 0.452 e. The summed E-state index contributed by atoms with van der Waals surface area (Å²) in [6.07, 6.45) is -6.67. The topological polar surface area (TPSA) is 114 Å². The summed E-state index contributed by atoms with van der Waals surface area (Å²) < 4.78 is 29.2. The van der Waals surface area contributed by atoms with E-state index in [-0.39, 0.29) is 22.3 Å². The summed E-state index contributed by atoms with van der Waals surface area (Å²) in [5, 5.41) is 0. The van der Waals surface area contributed by atoms with Gasteiger partial charge in [-0.1, -0.05) is 72.8 Å². The lowest BCUT2D eigenvalue weighted by atomic mass is 9.98. The molecule has 0 aliphatic carbocycles. The zero-order valence-electron chi connectivity index (χ0n) is 23.1. The third kappa shape index (κ3) is 7.14. The van der Waals surface area contributed by atoms with Gasteiger partial charge in [0, 0.05) is 0 Å². The third-order valence-corrected chi connectivity index (χ3v) is 6.72. The number of rotatable bonds is 8. The lowest BCUT2D eigenvalue weighted by Crippen LogP contribution is -2.61. The van der Waals surface area contributed by atoms with Crippen LogP contribution in [0.15, 0.2) is 121 Å². The van der Waals surface area contributed by atoms with Crippen LogP contribution in [0.3, 0.4) is 0 Å². The summed E-state index contributed by atoms with van der Waals surface area (Å²) in [4.78, 5) is 52.8. The average Bonchev–Trinajstić information content (AvgIpc) is 3.05. The Morgan fingerprint density at radius 1 is 0.442 bits per heavy atom. The van der Waals surface area contributed by atoms with Gasteiger partial charge in [0.2, 0.25) is 12.4 Å². The van der Waals surface area contributed by atoms with E-state index in [0.717, 1.165) is 0 Å². The van der Waals surface area contributed by atoms with Crippen molar-refractivity contribution in [2.24, 2.45) is 0 Å². The molecule has 1 saturated heterocycles. The summed E-state index contributed by atoms with van der Waals surface area (Å²) in [5.74, 6) is -3.03. The van der Waals surface area contributed by atoms with E-state index in [9.17, 15) is 19.2 Å². The van der Waals surface area contributed by atoms with E-state index in [4.69, 9.17) is 23.7 Å². The molecule has 9 nitrogen and oxygen atoms in total. The van der Waals surface area contributed by atoms with Gasteiger partial charge in [-0.2, -0.15) is 0 Å². The Morgan fingerprint density at radius 3 is 1.12 bits per heavy atom. The predicted octanol–water partition coefficient (Wildman–Crippen LogP) is 5.27. The Kier molecular flexibility index (Phi) is 9.23. The minimum absolute atomic E-state index is 0.195. The maximum absolute atomic E-state index is 13.3. The second kappa shape index (κ2) is 13.6. The van der Waals surface area contributed by atoms with Crippen molar-refractivity contribution < 1.29 is 42.9 Å². The van der Waals surface area contributed by atoms with Gasteiger partial charge in [-0.15, -0.1) is 0 Å². The fourth-order valence-electron chi connectivity index (χ4n) is 4.54. The smallest absolute Gasteiger partial charge is 0.340 e. The van der Waals surface area contributed by atoms with Crippen LogP contribution in [0.1, 0.15) is 48.4 Å². The van der Waals surface area contributed by atoms with E-state index in [2.05, 4.69) is 0 Å². The van der Waals surface area contributed by atoms with Gasteiger partial charge in [-0.05, 0) is 55.5 Å². The van der Waals surface area contributed by atoms with Gasteiger partial charge >= 0.3 is 23.9 Å². The molecule has 1 fully saturated rings. The molecule has 0 spiro atoms. The maximum Gasteiger partial charge on any atom is 0.340 e. The molecule has 0 saturated carbocycles. The van der Waals surface area contributed by atoms with Crippen LogP contribution in [0.25, 0.3) is 0 Å². The Balaban J connectivity index is 1.51. The lowest BCUT2D eigenvalue weighted by molar-refractivity contribution is -0.274. The summed E-state index contributed by atoms with van der Waals surface area (Å²) in [5.41, 5.74) is 0.876. The zero-order chi connectivity index (χ0) is 30.2. The van der Waals surface area contributed by atoms with Crippen LogP contribution in [0.2, 0.25) is 0 Å². The molecular formula is C34H28O9. The predicted molar refractivity (Wildman–Crippen MR) is 153 cm³/mol. The van der Waals surface area contributed by atoms with Gasteiger partial charge in [0.1, 0.15) is 0 Å². The van der Waals surface area contributed by atoms with Gasteiger partial charge in [-0.25, -0.2) is 19.2 Å². The van der Waals surface area contributed by atoms with Crippen molar-refractivity contribution in [1.82, 2.24) is 0 Å². The Hall–Kier alpha value is -5.28. The van der Waals surface area contributed by atoms with Crippen molar-refractivity contribution in [1.29, 1.82) is 0 Å². The fraction of sp³-hybridized carbons (Fsp3) is 0.176. The van der Waals surface area contributed by atoms with E-state index in [0.29, 0.717) is 0 Å². The van der Waals surface area contributed by atoms with Crippen LogP contribution in [-0.4, -0.2) is 54.6 Å². The minimum Gasteiger partial charge on any atom is -0.452 e. The zero-order valence-corrected chi connectivity index (χ0v) is 23.1. The highest BCUT2D eigenvalue weighted by molar-refractivity contribution is 5.92. The van der Waals surface area contributed by atoms with E-state index < -0.39 is 54.6 Å². The molecule has 1 heterocycles. The highest BCUT2D eigenvalue weighted by Gasteiger charge is 2.53. The second-order valence-corrected chi connectivity index (χ2v) is 9.69. The van der Waals surface area contributed by atoms with E-state index >= 15 is 0 Å². The van der Waals surface area contributed by atoms with Crippen LogP contribution < -0.4 is 0 Å².